The van der Waals surface area contributed by atoms with Gasteiger partial charge in [0.1, 0.15) is 0 Å². The lowest BCUT2D eigenvalue weighted by Gasteiger charge is -2.23. The van der Waals surface area contributed by atoms with E-state index in [0.717, 1.165) is 11.1 Å². The summed E-state index contributed by atoms with van der Waals surface area (Å²) < 4.78 is 0. The van der Waals surface area contributed by atoms with E-state index in [1.54, 1.807) is 25.9 Å². The second-order valence-corrected chi connectivity index (χ2v) is 6.78. The number of aliphatic hydroxyl groups is 1. The fourth-order valence-corrected chi connectivity index (χ4v) is 2.57. The molecule has 24 heavy (non-hydrogen) atoms. The van der Waals surface area contributed by atoms with Crippen molar-refractivity contribution in [1.29, 1.82) is 0 Å². The van der Waals surface area contributed by atoms with Gasteiger partial charge in [0.15, 0.2) is 5.78 Å². The molecule has 0 aromatic heterocycles. The molecule has 2 atom stereocenters. The third kappa shape index (κ3) is 6.45. The second-order valence-electron chi connectivity index (χ2n) is 6.78. The standard InChI is InChI=1S/C18H28BNO4/c1-12(2)16(10-19(4)24)18(23)20-13(3)17(22)9-14-5-7-15(11-21)8-6-14/h5-8,12-13,16,21,24H,9-11H2,1-4H3,(H,20,23)/t13-,16-/m0/s1. The molecular weight excluding hydrogens is 305 g/mol. The van der Waals surface area contributed by atoms with Crippen molar-refractivity contribution in [3.63, 3.8) is 0 Å². The first-order chi connectivity index (χ1) is 11.2. The number of amides is 1. The highest BCUT2D eigenvalue weighted by Crippen LogP contribution is 2.18. The van der Waals surface area contributed by atoms with Crippen molar-refractivity contribution in [2.24, 2.45) is 11.8 Å². The van der Waals surface area contributed by atoms with E-state index in [2.05, 4.69) is 5.32 Å². The molecule has 0 heterocycles. The van der Waals surface area contributed by atoms with E-state index in [4.69, 9.17) is 5.11 Å². The highest BCUT2D eigenvalue weighted by atomic mass is 16.3. The Kier molecular flexibility index (Phi) is 8.15. The first kappa shape index (κ1) is 20.4. The summed E-state index contributed by atoms with van der Waals surface area (Å²) in [5.41, 5.74) is 1.65. The van der Waals surface area contributed by atoms with E-state index in [1.165, 1.54) is 0 Å². The van der Waals surface area contributed by atoms with Crippen LogP contribution in [0.4, 0.5) is 0 Å². The monoisotopic (exact) mass is 333 g/mol. The third-order valence-corrected chi connectivity index (χ3v) is 4.16. The van der Waals surface area contributed by atoms with Gasteiger partial charge in [-0.25, -0.2) is 0 Å². The average Bonchev–Trinajstić information content (AvgIpc) is 2.52. The molecule has 0 bridgehead atoms. The van der Waals surface area contributed by atoms with Crippen LogP contribution in [-0.2, 0) is 22.6 Å². The van der Waals surface area contributed by atoms with Crippen LogP contribution in [0.1, 0.15) is 31.9 Å². The number of carbonyl (C=O) groups excluding carboxylic acids is 2. The minimum absolute atomic E-state index is 0.0272. The van der Waals surface area contributed by atoms with Crippen LogP contribution in [0.25, 0.3) is 0 Å². The SMILES string of the molecule is CB(O)C[C@H](C(=O)N[C@@H](C)C(=O)Cc1ccc(CO)cc1)C(C)C. The van der Waals surface area contributed by atoms with Gasteiger partial charge < -0.3 is 15.4 Å². The zero-order chi connectivity index (χ0) is 18.3. The number of nitrogens with one attached hydrogen (secondary N) is 1. The molecule has 6 heteroatoms. The minimum Gasteiger partial charge on any atom is -0.451 e. The van der Waals surface area contributed by atoms with Crippen LogP contribution in [0.5, 0.6) is 0 Å². The maximum Gasteiger partial charge on any atom is 0.286 e. The minimum atomic E-state index is -0.578. The molecule has 0 aliphatic rings. The number of hydrogen-bond donors (Lipinski definition) is 3. The van der Waals surface area contributed by atoms with Gasteiger partial charge in [-0.3, -0.25) is 9.59 Å². The molecule has 0 aliphatic carbocycles. The molecule has 0 aliphatic heterocycles. The predicted molar refractivity (Wildman–Crippen MR) is 95.7 cm³/mol. The molecule has 0 fully saturated rings. The number of aliphatic hydroxyl groups excluding tert-OH is 1. The van der Waals surface area contributed by atoms with Crippen LogP contribution in [-0.4, -0.2) is 34.8 Å². The van der Waals surface area contributed by atoms with E-state index in [1.807, 2.05) is 26.0 Å². The maximum absolute atomic E-state index is 12.4. The summed E-state index contributed by atoms with van der Waals surface area (Å²) in [4.78, 5) is 24.7. The first-order valence-corrected chi connectivity index (χ1v) is 8.44. The zero-order valence-electron chi connectivity index (χ0n) is 15.0. The van der Waals surface area contributed by atoms with Gasteiger partial charge in [-0.1, -0.05) is 44.9 Å². The van der Waals surface area contributed by atoms with Crippen LogP contribution in [0.2, 0.25) is 13.1 Å². The van der Waals surface area contributed by atoms with E-state index in [0.29, 0.717) is 6.32 Å². The molecule has 1 amide bonds. The summed E-state index contributed by atoms with van der Waals surface area (Å²) in [6.45, 7) is 6.62. The number of hydrogen-bond acceptors (Lipinski definition) is 4. The Morgan fingerprint density at radius 1 is 1.12 bits per heavy atom. The van der Waals surface area contributed by atoms with E-state index >= 15 is 0 Å². The number of benzene rings is 1. The largest absolute Gasteiger partial charge is 0.451 e. The molecule has 5 nitrogen and oxygen atoms in total. The van der Waals surface area contributed by atoms with Gasteiger partial charge in [0, 0.05) is 12.3 Å². The summed E-state index contributed by atoms with van der Waals surface area (Å²) in [6.07, 6.45) is 0.614. The van der Waals surface area contributed by atoms with Gasteiger partial charge >= 0.3 is 0 Å². The summed E-state index contributed by atoms with van der Waals surface area (Å²) >= 11 is 0. The Hall–Kier alpha value is -1.66. The highest BCUT2D eigenvalue weighted by Gasteiger charge is 2.27. The topological polar surface area (TPSA) is 86.6 Å². The fraction of sp³-hybridized carbons (Fsp3) is 0.556. The molecule has 1 aromatic carbocycles. The quantitative estimate of drug-likeness (QED) is 0.600. The first-order valence-electron chi connectivity index (χ1n) is 8.44. The molecule has 132 valence electrons. The summed E-state index contributed by atoms with van der Waals surface area (Å²) in [7, 11) is 0. The zero-order valence-corrected chi connectivity index (χ0v) is 15.0. The molecule has 3 N–H and O–H groups in total. The van der Waals surface area contributed by atoms with Crippen molar-refractivity contribution < 1.29 is 19.7 Å². The molecule has 0 unspecified atom stereocenters. The van der Waals surface area contributed by atoms with E-state index in [9.17, 15) is 14.6 Å². The molecule has 0 spiro atoms. The summed E-state index contributed by atoms with van der Waals surface area (Å²) in [6, 6.07) is 6.60. The Bertz CT molecular complexity index is 542. The third-order valence-electron chi connectivity index (χ3n) is 4.16. The summed E-state index contributed by atoms with van der Waals surface area (Å²) in [5, 5.41) is 21.3. The van der Waals surface area contributed by atoms with Gasteiger partial charge in [0.25, 0.3) is 6.92 Å². The number of ketones is 1. The molecular formula is C18H28BNO4. The van der Waals surface area contributed by atoms with Gasteiger partial charge in [0.05, 0.1) is 12.6 Å². The van der Waals surface area contributed by atoms with Crippen molar-refractivity contribution in [3.8, 4) is 0 Å². The average molecular weight is 333 g/mol. The predicted octanol–water partition coefficient (Wildman–Crippen LogP) is 1.68. The number of Topliss-reactive ketones (excluding diaryl/α,β-unsaturated/α-hetero) is 1. The van der Waals surface area contributed by atoms with Crippen molar-refractivity contribution in [2.45, 2.75) is 53.0 Å². The smallest absolute Gasteiger partial charge is 0.286 e. The molecule has 0 radical (unpaired) electrons. The van der Waals surface area contributed by atoms with E-state index < -0.39 is 13.0 Å². The Labute approximate surface area is 144 Å². The molecule has 1 aromatic rings. The Morgan fingerprint density at radius 3 is 2.12 bits per heavy atom. The second kappa shape index (κ2) is 9.59. The molecule has 0 saturated carbocycles. The summed E-state index contributed by atoms with van der Waals surface area (Å²) in [5.74, 6) is -0.487. The highest BCUT2D eigenvalue weighted by molar-refractivity contribution is 6.49. The lowest BCUT2D eigenvalue weighted by molar-refractivity contribution is -0.130. The van der Waals surface area contributed by atoms with Gasteiger partial charge in [-0.2, -0.15) is 0 Å². The van der Waals surface area contributed by atoms with Gasteiger partial charge in [0.2, 0.25) is 5.91 Å². The van der Waals surface area contributed by atoms with Crippen molar-refractivity contribution in [3.05, 3.63) is 35.4 Å². The number of carbonyl (C=O) groups is 2. The van der Waals surface area contributed by atoms with Crippen molar-refractivity contribution in [1.82, 2.24) is 5.32 Å². The van der Waals surface area contributed by atoms with E-state index in [-0.39, 0.29) is 36.6 Å². The Morgan fingerprint density at radius 2 is 1.67 bits per heavy atom. The molecule has 0 saturated heterocycles. The maximum atomic E-state index is 12.4. The van der Waals surface area contributed by atoms with Crippen molar-refractivity contribution >= 4 is 18.6 Å². The van der Waals surface area contributed by atoms with Crippen LogP contribution in [0.15, 0.2) is 24.3 Å². The lowest BCUT2D eigenvalue weighted by atomic mass is 9.62. The van der Waals surface area contributed by atoms with Crippen molar-refractivity contribution in [2.75, 3.05) is 0 Å². The molecule has 1 rings (SSSR count). The normalized spacial score (nSPS) is 13.5. The van der Waals surface area contributed by atoms with Gasteiger partial charge in [-0.05, 0) is 30.3 Å². The van der Waals surface area contributed by atoms with Crippen LogP contribution >= 0.6 is 0 Å². The van der Waals surface area contributed by atoms with Crippen LogP contribution in [0, 0.1) is 11.8 Å². The Balaban J connectivity index is 2.62. The van der Waals surface area contributed by atoms with Gasteiger partial charge in [-0.15, -0.1) is 0 Å². The van der Waals surface area contributed by atoms with Crippen LogP contribution in [0.3, 0.4) is 0 Å². The fourth-order valence-electron chi connectivity index (χ4n) is 2.57. The number of rotatable bonds is 9. The lowest BCUT2D eigenvalue weighted by Crippen LogP contribution is -2.44. The van der Waals surface area contributed by atoms with Crippen LogP contribution < -0.4 is 5.32 Å².